The van der Waals surface area contributed by atoms with Gasteiger partial charge in [0.1, 0.15) is 0 Å². The van der Waals surface area contributed by atoms with Gasteiger partial charge in [-0.1, -0.05) is 49.7 Å². The van der Waals surface area contributed by atoms with E-state index < -0.39 is 0 Å². The Morgan fingerprint density at radius 3 is 2.00 bits per heavy atom. The summed E-state index contributed by atoms with van der Waals surface area (Å²) < 4.78 is 0. The summed E-state index contributed by atoms with van der Waals surface area (Å²) in [6.07, 6.45) is 0. The first-order valence-electron chi connectivity index (χ1n) is 6.15. The van der Waals surface area contributed by atoms with E-state index in [1.165, 1.54) is 27.5 Å². The van der Waals surface area contributed by atoms with Gasteiger partial charge in [-0.05, 0) is 42.7 Å². The number of hydrogen-bond acceptors (Lipinski definition) is 0. The molecule has 92 valence electrons. The van der Waals surface area contributed by atoms with E-state index in [2.05, 4.69) is 64.3 Å². The van der Waals surface area contributed by atoms with E-state index in [0.29, 0.717) is 0 Å². The average molecular weight is 228 g/mol. The lowest BCUT2D eigenvalue weighted by molar-refractivity contribution is 1.37. The van der Waals surface area contributed by atoms with E-state index in [-0.39, 0.29) is 0 Å². The molecular formula is C17H24. The van der Waals surface area contributed by atoms with Crippen LogP contribution in [0, 0.1) is 20.8 Å². The van der Waals surface area contributed by atoms with Crippen LogP contribution in [0.15, 0.2) is 43.5 Å². The molecule has 0 fully saturated rings. The highest BCUT2D eigenvalue weighted by Gasteiger charge is 1.99. The number of fused-ring (bicyclic) bond motifs is 1. The first kappa shape index (κ1) is 15.4. The Hall–Kier alpha value is -1.56. The van der Waals surface area contributed by atoms with E-state index in [1.54, 1.807) is 0 Å². The minimum absolute atomic E-state index is 1.33. The highest BCUT2D eigenvalue weighted by atomic mass is 14.0. The van der Waals surface area contributed by atoms with Gasteiger partial charge in [0.25, 0.3) is 0 Å². The van der Waals surface area contributed by atoms with Crippen LogP contribution >= 0.6 is 0 Å². The van der Waals surface area contributed by atoms with Crippen molar-refractivity contribution in [2.75, 3.05) is 0 Å². The van der Waals surface area contributed by atoms with Gasteiger partial charge in [-0.3, -0.25) is 0 Å². The van der Waals surface area contributed by atoms with E-state index in [0.717, 1.165) is 0 Å². The van der Waals surface area contributed by atoms with E-state index >= 15 is 0 Å². The molecule has 0 radical (unpaired) electrons. The summed E-state index contributed by atoms with van der Waals surface area (Å²) in [5, 5.41) is 2.73. The third kappa shape index (κ3) is 3.74. The molecule has 0 nitrogen and oxygen atoms in total. The molecule has 0 heteroatoms. The zero-order valence-corrected chi connectivity index (χ0v) is 11.8. The Morgan fingerprint density at radius 2 is 1.41 bits per heavy atom. The van der Waals surface area contributed by atoms with Crippen molar-refractivity contribution in [2.45, 2.75) is 34.6 Å². The second kappa shape index (κ2) is 7.67. The maximum Gasteiger partial charge on any atom is -0.0152 e. The van der Waals surface area contributed by atoms with Crippen molar-refractivity contribution in [3.8, 4) is 0 Å². The largest absolute Gasteiger partial charge is 0.106 e. The first-order valence-corrected chi connectivity index (χ1v) is 6.15. The Labute approximate surface area is 106 Å². The Balaban J connectivity index is 0.000000581. The van der Waals surface area contributed by atoms with Gasteiger partial charge in [-0.2, -0.15) is 0 Å². The van der Waals surface area contributed by atoms with Crippen LogP contribution in [0.3, 0.4) is 0 Å². The summed E-state index contributed by atoms with van der Waals surface area (Å²) in [6, 6.07) is 11.0. The molecule has 0 aliphatic rings. The lowest BCUT2D eigenvalue weighted by Gasteiger charge is -2.05. The molecule has 17 heavy (non-hydrogen) atoms. The van der Waals surface area contributed by atoms with Gasteiger partial charge in [0.15, 0.2) is 0 Å². The fourth-order valence-electron chi connectivity index (χ4n) is 1.71. The number of rotatable bonds is 0. The fourth-order valence-corrected chi connectivity index (χ4v) is 1.71. The summed E-state index contributed by atoms with van der Waals surface area (Å²) in [6.45, 7) is 16.5. The van der Waals surface area contributed by atoms with Crippen LogP contribution in [0.5, 0.6) is 0 Å². The average Bonchev–Trinajstić information content (AvgIpc) is 2.39. The molecule has 2 aromatic carbocycles. The zero-order valence-electron chi connectivity index (χ0n) is 11.8. The Kier molecular flexibility index (Phi) is 6.97. The molecule has 0 saturated carbocycles. The van der Waals surface area contributed by atoms with Gasteiger partial charge < -0.3 is 0 Å². The maximum absolute atomic E-state index is 3.00. The summed E-state index contributed by atoms with van der Waals surface area (Å²) in [4.78, 5) is 0. The van der Waals surface area contributed by atoms with E-state index in [1.807, 2.05) is 13.8 Å². The van der Waals surface area contributed by atoms with Gasteiger partial charge in [-0.15, -0.1) is 13.2 Å². The highest BCUT2D eigenvalue weighted by Crippen LogP contribution is 2.22. The quantitative estimate of drug-likeness (QED) is 0.515. The fraction of sp³-hybridized carbons (Fsp3) is 0.294. The molecule has 0 bridgehead atoms. The van der Waals surface area contributed by atoms with Crippen LogP contribution in [-0.2, 0) is 0 Å². The molecule has 0 spiro atoms. The molecule has 0 N–H and O–H groups in total. The number of hydrogen-bond donors (Lipinski definition) is 0. The van der Waals surface area contributed by atoms with Crippen molar-refractivity contribution in [3.63, 3.8) is 0 Å². The Bertz CT molecular complexity index is 467. The molecule has 0 atom stereocenters. The first-order chi connectivity index (χ1) is 8.18. The molecule has 0 saturated heterocycles. The second-order valence-corrected chi connectivity index (χ2v) is 3.73. The second-order valence-electron chi connectivity index (χ2n) is 3.73. The van der Waals surface area contributed by atoms with Crippen molar-refractivity contribution in [3.05, 3.63) is 60.2 Å². The van der Waals surface area contributed by atoms with Crippen LogP contribution in [0.4, 0.5) is 0 Å². The van der Waals surface area contributed by atoms with Crippen molar-refractivity contribution < 1.29 is 0 Å². The normalized spacial score (nSPS) is 8.76. The van der Waals surface area contributed by atoms with Gasteiger partial charge in [0, 0.05) is 0 Å². The standard InChI is InChI=1S/C13H14.C2H6.C2H4/c1-9-4-7-13-11(3)10(2)5-6-12(13)8-9;2*1-2/h4-8H,1-3H3;1-2H3;1-2H2. The summed E-state index contributed by atoms with van der Waals surface area (Å²) >= 11 is 0. The van der Waals surface area contributed by atoms with Gasteiger partial charge >= 0.3 is 0 Å². The van der Waals surface area contributed by atoms with E-state index in [4.69, 9.17) is 0 Å². The molecule has 0 heterocycles. The van der Waals surface area contributed by atoms with Crippen LogP contribution in [0.1, 0.15) is 30.5 Å². The lowest BCUT2D eigenvalue weighted by atomic mass is 10.00. The van der Waals surface area contributed by atoms with Crippen LogP contribution in [0.2, 0.25) is 0 Å². The third-order valence-electron chi connectivity index (χ3n) is 2.72. The maximum atomic E-state index is 3.00. The molecule has 0 aromatic heterocycles. The molecule has 2 aromatic rings. The lowest BCUT2D eigenvalue weighted by Crippen LogP contribution is -1.83. The van der Waals surface area contributed by atoms with E-state index in [9.17, 15) is 0 Å². The van der Waals surface area contributed by atoms with Gasteiger partial charge in [0.2, 0.25) is 0 Å². The monoisotopic (exact) mass is 228 g/mol. The number of aryl methyl sites for hydroxylation is 3. The molecule has 2 rings (SSSR count). The summed E-state index contributed by atoms with van der Waals surface area (Å²) in [5.41, 5.74) is 4.10. The molecule has 0 aliphatic heterocycles. The zero-order chi connectivity index (χ0) is 13.4. The van der Waals surface area contributed by atoms with Gasteiger partial charge in [-0.25, -0.2) is 0 Å². The third-order valence-corrected chi connectivity index (χ3v) is 2.72. The SMILES string of the molecule is C=C.CC.Cc1ccc2c(C)c(C)ccc2c1. The Morgan fingerprint density at radius 1 is 0.824 bits per heavy atom. The minimum Gasteiger partial charge on any atom is -0.106 e. The molecule has 0 aliphatic carbocycles. The summed E-state index contributed by atoms with van der Waals surface area (Å²) in [7, 11) is 0. The van der Waals surface area contributed by atoms with Crippen molar-refractivity contribution in [1.29, 1.82) is 0 Å². The highest BCUT2D eigenvalue weighted by molar-refractivity contribution is 5.87. The van der Waals surface area contributed by atoms with Crippen LogP contribution in [-0.4, -0.2) is 0 Å². The van der Waals surface area contributed by atoms with Crippen LogP contribution < -0.4 is 0 Å². The molecule has 0 amide bonds. The molecule has 0 unspecified atom stereocenters. The number of benzene rings is 2. The summed E-state index contributed by atoms with van der Waals surface area (Å²) in [5.74, 6) is 0. The van der Waals surface area contributed by atoms with Crippen molar-refractivity contribution >= 4 is 10.8 Å². The molecular weight excluding hydrogens is 204 g/mol. The predicted octanol–water partition coefficient (Wildman–Crippen LogP) is 5.59. The van der Waals surface area contributed by atoms with Gasteiger partial charge in [0.05, 0.1) is 0 Å². The smallest absolute Gasteiger partial charge is 0.0152 e. The predicted molar refractivity (Wildman–Crippen MR) is 80.8 cm³/mol. The minimum atomic E-state index is 1.33. The van der Waals surface area contributed by atoms with Crippen LogP contribution in [0.25, 0.3) is 10.8 Å². The topological polar surface area (TPSA) is 0 Å². The van der Waals surface area contributed by atoms with Crippen molar-refractivity contribution in [1.82, 2.24) is 0 Å². The van der Waals surface area contributed by atoms with Crippen molar-refractivity contribution in [2.24, 2.45) is 0 Å².